The summed E-state index contributed by atoms with van der Waals surface area (Å²) in [6, 6.07) is 20.2. The van der Waals surface area contributed by atoms with Crippen LogP contribution in [0.5, 0.6) is 11.5 Å². The third-order valence-corrected chi connectivity index (χ3v) is 7.63. The number of ether oxygens (including phenoxy) is 2. The van der Waals surface area contributed by atoms with Crippen LogP contribution in [0.2, 0.25) is 0 Å². The van der Waals surface area contributed by atoms with E-state index in [1.807, 2.05) is 6.92 Å². The number of fused-ring (bicyclic) bond motifs is 1. The molecule has 0 heterocycles. The van der Waals surface area contributed by atoms with Crippen LogP contribution < -0.4 is 19.1 Å². The van der Waals surface area contributed by atoms with Gasteiger partial charge in [0.25, 0.3) is 10.0 Å². The van der Waals surface area contributed by atoms with Gasteiger partial charge < -0.3 is 14.8 Å². The number of carbonyl (C=O) groups excluding carboxylic acids is 1. The summed E-state index contributed by atoms with van der Waals surface area (Å²) in [5.74, 6) is -0.407. The van der Waals surface area contributed by atoms with E-state index >= 15 is 0 Å². The minimum Gasteiger partial charge on any atom is -0.497 e. The van der Waals surface area contributed by atoms with E-state index in [2.05, 4.69) is 5.32 Å². The highest BCUT2D eigenvalue weighted by Gasteiger charge is 2.35. The summed E-state index contributed by atoms with van der Waals surface area (Å²) in [4.78, 5) is 12.9. The average molecular weight is 559 g/mol. The van der Waals surface area contributed by atoms with Crippen molar-refractivity contribution in [2.75, 3.05) is 29.9 Å². The smallest absolute Gasteiger partial charge is 0.416 e. The van der Waals surface area contributed by atoms with E-state index in [0.717, 1.165) is 12.1 Å². The summed E-state index contributed by atoms with van der Waals surface area (Å²) < 4.78 is 80.2. The number of sulfonamides is 1. The topological polar surface area (TPSA) is 84.9 Å². The molecule has 0 aromatic heterocycles. The Bertz CT molecular complexity index is 1580. The largest absolute Gasteiger partial charge is 0.497 e. The van der Waals surface area contributed by atoms with Crippen molar-refractivity contribution in [2.24, 2.45) is 0 Å². The number of carbonyl (C=O) groups is 1. The van der Waals surface area contributed by atoms with E-state index in [-0.39, 0.29) is 16.3 Å². The number of amides is 1. The van der Waals surface area contributed by atoms with Crippen molar-refractivity contribution < 1.29 is 35.9 Å². The monoisotopic (exact) mass is 558 g/mol. The van der Waals surface area contributed by atoms with Gasteiger partial charge in [-0.3, -0.25) is 9.10 Å². The fourth-order valence-corrected chi connectivity index (χ4v) is 5.62. The van der Waals surface area contributed by atoms with Crippen molar-refractivity contribution in [2.45, 2.75) is 18.0 Å². The Hall–Kier alpha value is -4.25. The third-order valence-electron chi connectivity index (χ3n) is 5.80. The van der Waals surface area contributed by atoms with Gasteiger partial charge in [0.15, 0.2) is 0 Å². The lowest BCUT2D eigenvalue weighted by molar-refractivity contribution is -0.137. The average Bonchev–Trinajstić information content (AvgIpc) is 2.91. The maximum atomic E-state index is 14.0. The zero-order valence-electron chi connectivity index (χ0n) is 21.0. The Labute approximate surface area is 223 Å². The molecule has 0 atom stereocenters. The first-order valence-electron chi connectivity index (χ1n) is 11.8. The van der Waals surface area contributed by atoms with Crippen LogP contribution >= 0.6 is 0 Å². The second-order valence-electron chi connectivity index (χ2n) is 8.41. The number of hydrogen-bond donors (Lipinski definition) is 1. The highest BCUT2D eigenvalue weighted by Crippen LogP contribution is 2.37. The first kappa shape index (κ1) is 27.8. The summed E-state index contributed by atoms with van der Waals surface area (Å²) in [5, 5.41) is 3.56. The van der Waals surface area contributed by atoms with Gasteiger partial charge in [0.2, 0.25) is 5.91 Å². The van der Waals surface area contributed by atoms with Gasteiger partial charge in [0.1, 0.15) is 18.0 Å². The molecular formula is C28H25F3N2O5S. The van der Waals surface area contributed by atoms with Crippen molar-refractivity contribution in [1.82, 2.24) is 0 Å². The Morgan fingerprint density at radius 1 is 0.923 bits per heavy atom. The van der Waals surface area contributed by atoms with Crippen LogP contribution in [0.3, 0.4) is 0 Å². The number of alkyl halides is 3. The number of hydrogen-bond acceptors (Lipinski definition) is 5. The molecule has 4 aromatic rings. The van der Waals surface area contributed by atoms with Gasteiger partial charge in [-0.2, -0.15) is 13.2 Å². The molecular weight excluding hydrogens is 533 g/mol. The van der Waals surface area contributed by atoms with E-state index in [0.29, 0.717) is 39.2 Å². The van der Waals surface area contributed by atoms with Gasteiger partial charge >= 0.3 is 6.18 Å². The normalized spacial score (nSPS) is 11.7. The minimum atomic E-state index is -4.79. The van der Waals surface area contributed by atoms with Gasteiger partial charge in [-0.15, -0.1) is 0 Å². The van der Waals surface area contributed by atoms with E-state index in [4.69, 9.17) is 9.47 Å². The lowest BCUT2D eigenvalue weighted by atomic mass is 10.1. The minimum absolute atomic E-state index is 0.161. The Kier molecular flexibility index (Phi) is 8.01. The lowest BCUT2D eigenvalue weighted by Crippen LogP contribution is -2.38. The molecule has 0 fully saturated rings. The predicted molar refractivity (Wildman–Crippen MR) is 143 cm³/mol. The van der Waals surface area contributed by atoms with Crippen molar-refractivity contribution in [3.05, 3.63) is 90.5 Å². The number of benzene rings is 4. The van der Waals surface area contributed by atoms with Gasteiger partial charge in [-0.25, -0.2) is 8.42 Å². The summed E-state index contributed by atoms with van der Waals surface area (Å²) >= 11 is 0. The van der Waals surface area contributed by atoms with E-state index in [1.165, 1.54) is 19.2 Å². The standard InChI is InChI=1S/C28H25F3N2O5S/c1-3-38-23-13-11-21(12-14-23)32-27(34)18-33(22-15-20(28(29,30)31)16-24(17-22)37-2)39(35,36)26-10-6-8-19-7-4-5-9-25(19)26/h4-17H,3,18H2,1-2H3,(H,32,34). The van der Waals surface area contributed by atoms with Crippen LogP contribution in [0.15, 0.2) is 89.8 Å². The molecule has 39 heavy (non-hydrogen) atoms. The molecule has 0 aliphatic heterocycles. The number of nitrogens with zero attached hydrogens (tertiary/aromatic N) is 1. The first-order valence-corrected chi connectivity index (χ1v) is 13.3. The maximum Gasteiger partial charge on any atom is 0.416 e. The van der Waals surface area contributed by atoms with Crippen LogP contribution in [0.25, 0.3) is 10.8 Å². The summed E-state index contributed by atoms with van der Waals surface area (Å²) in [5.41, 5.74) is -1.15. The lowest BCUT2D eigenvalue weighted by Gasteiger charge is -2.26. The van der Waals surface area contributed by atoms with Gasteiger partial charge in [-0.1, -0.05) is 36.4 Å². The highest BCUT2D eigenvalue weighted by atomic mass is 32.2. The Balaban J connectivity index is 1.79. The summed E-state index contributed by atoms with van der Waals surface area (Å²) in [6.45, 7) is 1.47. The van der Waals surface area contributed by atoms with Crippen LogP contribution in [-0.2, 0) is 21.0 Å². The molecule has 11 heteroatoms. The number of halogens is 3. The van der Waals surface area contributed by atoms with E-state index < -0.39 is 34.2 Å². The first-order chi connectivity index (χ1) is 18.5. The number of nitrogens with one attached hydrogen (secondary N) is 1. The summed E-state index contributed by atoms with van der Waals surface area (Å²) in [7, 11) is -3.37. The van der Waals surface area contributed by atoms with Gasteiger partial charge in [0.05, 0.1) is 29.9 Å². The fourth-order valence-electron chi connectivity index (χ4n) is 4.00. The molecule has 4 rings (SSSR count). The number of rotatable bonds is 9. The molecule has 0 saturated heterocycles. The second-order valence-corrected chi connectivity index (χ2v) is 10.2. The van der Waals surface area contributed by atoms with Crippen molar-refractivity contribution in [3.8, 4) is 11.5 Å². The highest BCUT2D eigenvalue weighted by molar-refractivity contribution is 7.93. The fraction of sp³-hybridized carbons (Fsp3) is 0.179. The quantitative estimate of drug-likeness (QED) is 0.268. The van der Waals surface area contributed by atoms with E-state index in [1.54, 1.807) is 54.6 Å². The Morgan fingerprint density at radius 3 is 2.28 bits per heavy atom. The molecule has 7 nitrogen and oxygen atoms in total. The SMILES string of the molecule is CCOc1ccc(NC(=O)CN(c2cc(OC)cc(C(F)(F)F)c2)S(=O)(=O)c2cccc3ccccc23)cc1. The molecule has 0 aliphatic carbocycles. The molecule has 204 valence electrons. The van der Waals surface area contributed by atoms with Crippen LogP contribution in [0.1, 0.15) is 12.5 Å². The van der Waals surface area contributed by atoms with Crippen molar-refractivity contribution in [3.63, 3.8) is 0 Å². The van der Waals surface area contributed by atoms with Crippen LogP contribution in [0.4, 0.5) is 24.5 Å². The molecule has 0 spiro atoms. The molecule has 0 aliphatic rings. The molecule has 1 N–H and O–H groups in total. The van der Waals surface area contributed by atoms with Gasteiger partial charge in [0, 0.05) is 17.1 Å². The Morgan fingerprint density at radius 2 is 1.62 bits per heavy atom. The molecule has 0 bridgehead atoms. The maximum absolute atomic E-state index is 14.0. The van der Waals surface area contributed by atoms with Crippen molar-refractivity contribution >= 4 is 38.1 Å². The molecule has 0 unspecified atom stereocenters. The molecule has 4 aromatic carbocycles. The van der Waals surface area contributed by atoms with Crippen LogP contribution in [-0.4, -0.2) is 34.6 Å². The zero-order chi connectivity index (χ0) is 28.2. The molecule has 0 radical (unpaired) electrons. The van der Waals surface area contributed by atoms with Gasteiger partial charge in [-0.05, 0) is 54.8 Å². The molecule has 0 saturated carbocycles. The number of methoxy groups -OCH3 is 1. The summed E-state index contributed by atoms with van der Waals surface area (Å²) in [6.07, 6.45) is -4.79. The van der Waals surface area contributed by atoms with Crippen LogP contribution in [0, 0.1) is 0 Å². The zero-order valence-corrected chi connectivity index (χ0v) is 21.8. The van der Waals surface area contributed by atoms with Crippen molar-refractivity contribution in [1.29, 1.82) is 0 Å². The number of anilines is 2. The molecule has 1 amide bonds. The van der Waals surface area contributed by atoms with E-state index in [9.17, 15) is 26.4 Å². The third kappa shape index (κ3) is 6.26. The second kappa shape index (κ2) is 11.2. The predicted octanol–water partition coefficient (Wildman–Crippen LogP) is 6.10.